The number of esters is 2. The topological polar surface area (TPSA) is 268 Å². The van der Waals surface area contributed by atoms with Crippen LogP contribution >= 0.6 is 0 Å². The van der Waals surface area contributed by atoms with Gasteiger partial charge in [-0.1, -0.05) is 220 Å². The normalized spacial score (nSPS) is 15.4. The predicted octanol–water partition coefficient (Wildman–Crippen LogP) is 17.5. The molecule has 8 aromatic rings. The number of aliphatic hydroxyl groups excluding tert-OH is 2. The SMILES string of the molecule is CC(=O)OO.CCC(CC)(C[C@H](CO[Si](c1ccccc1)(c1ccccc1)C(C)(C)C)CC(C(=O)OC)c1c(CCOC2CCCCO2)c2ccccc2n1C(=O)OC(C)(C)C)O[Si](C)(C)C.CC[C@@](O)(CO)C[C@H](CO[Si](c1ccccc1)(c1ccccc1)C(C)(C)C)CC(C(=O)OC)c1c(CCO)c2ccccc2n1C(=O)OC(C)(C)C. The summed E-state index contributed by atoms with van der Waals surface area (Å²) < 4.78 is 60.8. The molecule has 3 unspecified atom stereocenters. The maximum atomic E-state index is 14.7. The van der Waals surface area contributed by atoms with Crippen LogP contribution in [0.15, 0.2) is 170 Å². The average Bonchev–Trinajstić information content (AvgIpc) is 1.74. The summed E-state index contributed by atoms with van der Waals surface area (Å²) in [6.07, 6.45) is 5.17. The van der Waals surface area contributed by atoms with Crippen LogP contribution < -0.4 is 20.7 Å². The molecule has 3 heterocycles. The van der Waals surface area contributed by atoms with Gasteiger partial charge in [0.25, 0.3) is 16.6 Å². The van der Waals surface area contributed by atoms with Crippen molar-refractivity contribution in [3.05, 3.63) is 192 Å². The van der Waals surface area contributed by atoms with E-state index in [0.717, 1.165) is 60.4 Å². The van der Waals surface area contributed by atoms with E-state index >= 15 is 0 Å². The van der Waals surface area contributed by atoms with E-state index in [1.165, 1.54) is 29.2 Å². The highest BCUT2D eigenvalue weighted by molar-refractivity contribution is 7.00. The largest absolute Gasteiger partial charge is 0.469 e. The van der Waals surface area contributed by atoms with Gasteiger partial charge >= 0.3 is 30.1 Å². The van der Waals surface area contributed by atoms with E-state index in [0.29, 0.717) is 72.5 Å². The monoisotopic (exact) mass is 1690 g/mol. The Hall–Kier alpha value is -7.96. The highest BCUT2D eigenvalue weighted by Crippen LogP contribution is 2.46. The second kappa shape index (κ2) is 43.2. The van der Waals surface area contributed by atoms with Crippen molar-refractivity contribution in [1.29, 1.82) is 0 Å². The van der Waals surface area contributed by atoms with Crippen molar-refractivity contribution in [2.75, 3.05) is 53.9 Å². The second-order valence-electron chi connectivity index (χ2n) is 36.4. The summed E-state index contributed by atoms with van der Waals surface area (Å²) in [5.74, 6) is -4.24. The van der Waals surface area contributed by atoms with Gasteiger partial charge in [-0.3, -0.25) is 9.59 Å². The summed E-state index contributed by atoms with van der Waals surface area (Å²) in [6.45, 7) is 39.2. The third kappa shape index (κ3) is 25.4. The van der Waals surface area contributed by atoms with Crippen LogP contribution in [-0.4, -0.2) is 167 Å². The van der Waals surface area contributed by atoms with Crippen LogP contribution in [0.25, 0.3) is 21.8 Å². The van der Waals surface area contributed by atoms with E-state index in [1.807, 2.05) is 107 Å². The van der Waals surface area contributed by atoms with Gasteiger partial charge in [0.1, 0.15) is 11.2 Å². The third-order valence-electron chi connectivity index (χ3n) is 22.2. The van der Waals surface area contributed by atoms with Gasteiger partial charge in [-0.25, -0.2) is 23.5 Å². The van der Waals surface area contributed by atoms with E-state index in [2.05, 4.69) is 165 Å². The minimum atomic E-state index is -3.05. The lowest BCUT2D eigenvalue weighted by molar-refractivity contribution is -0.231. The molecule has 0 amide bonds. The van der Waals surface area contributed by atoms with Crippen molar-refractivity contribution < 1.29 is 91.1 Å². The Morgan fingerprint density at radius 1 is 0.521 bits per heavy atom. The Bertz CT molecular complexity index is 4420. The van der Waals surface area contributed by atoms with Crippen LogP contribution in [0, 0.1) is 11.8 Å². The number of nitrogens with zero attached hydrogens (tertiary/aromatic N) is 2. The number of para-hydroxylation sites is 2. The lowest BCUT2D eigenvalue weighted by Crippen LogP contribution is -2.67. The third-order valence-corrected chi connectivity index (χ3v) is 33.3. The number of aliphatic hydroxyl groups is 3. The van der Waals surface area contributed by atoms with Crippen molar-refractivity contribution in [3.8, 4) is 0 Å². The molecule has 6 atom stereocenters. The van der Waals surface area contributed by atoms with Gasteiger partial charge in [-0.15, -0.1) is 0 Å². The molecule has 0 saturated carbocycles. The number of hydrogen-bond donors (Lipinski definition) is 4. The Morgan fingerprint density at radius 2 is 0.891 bits per heavy atom. The minimum Gasteiger partial charge on any atom is -0.469 e. The molecule has 24 heteroatoms. The van der Waals surface area contributed by atoms with Crippen LogP contribution in [0.1, 0.15) is 209 Å². The highest BCUT2D eigenvalue weighted by atomic mass is 28.4. The maximum Gasteiger partial charge on any atom is 0.419 e. The Balaban J connectivity index is 0.000000315. The van der Waals surface area contributed by atoms with E-state index in [-0.39, 0.29) is 61.2 Å². The molecule has 1 aliphatic heterocycles. The molecule has 9 rings (SSSR count). The number of carbonyl (C=O) groups excluding carboxylic acids is 5. The zero-order valence-electron chi connectivity index (χ0n) is 74.6. The van der Waals surface area contributed by atoms with Gasteiger partial charge in [-0.2, -0.15) is 5.26 Å². The standard InChI is InChI=1S/C51H75NO8Si2.C42H57NO8Si.C2H4O3/c1-13-51(14-2,60-61(10,11)12)36-38(37-58-62(50(6,7)8,39-25-17-15-18-26-39)40-27-19-16-20-28-40)35-43(47(53)55-9)46-42(32-34-57-45-31-23-24-33-56-45)41-29-21-22-30-44(41)52(46)48(54)59-49(3,4)5;1-9-42(48,29-45)27-30(28-50-52(41(5,6)7,31-18-12-10-13-19-31)32-20-14-11-15-21-32)26-35(38(46)49-8)37-34(24-25-44)33-22-16-17-23-36(33)43(37)39(47)51-40(2,3)4;1-2(3)5-4/h15-22,25-30,38,43,45H,13-14,23-24,31-37H2,1-12H3;10-23,30,35,44-45,48H,9,24-29H2,1-8H3;4H,1H3/t38-,43?,45?;30-,35?,42+;/m11./s1. The highest BCUT2D eigenvalue weighted by Gasteiger charge is 2.53. The average molecular weight is 1690 g/mol. The Labute approximate surface area is 710 Å². The van der Waals surface area contributed by atoms with E-state index in [1.54, 1.807) is 31.4 Å². The molecular weight excluding hydrogens is 1560 g/mol. The zero-order chi connectivity index (χ0) is 88.0. The van der Waals surface area contributed by atoms with Crippen LogP contribution in [0.3, 0.4) is 0 Å². The van der Waals surface area contributed by atoms with Crippen molar-refractivity contribution in [1.82, 2.24) is 9.13 Å². The number of benzene rings is 6. The molecular formula is C95H136N2O19Si3. The Morgan fingerprint density at radius 3 is 1.20 bits per heavy atom. The van der Waals surface area contributed by atoms with Gasteiger partial charge in [0.05, 0.1) is 61.5 Å². The molecule has 0 aliphatic carbocycles. The molecule has 119 heavy (non-hydrogen) atoms. The van der Waals surface area contributed by atoms with Gasteiger partial charge in [0, 0.05) is 55.5 Å². The fourth-order valence-electron chi connectivity index (χ4n) is 16.9. The lowest BCUT2D eigenvalue weighted by Gasteiger charge is -2.45. The van der Waals surface area contributed by atoms with Crippen LogP contribution in [0.4, 0.5) is 9.59 Å². The summed E-state index contributed by atoms with van der Waals surface area (Å²) in [4.78, 5) is 69.8. The molecule has 1 saturated heterocycles. The Kier molecular flexibility index (Phi) is 35.6. The van der Waals surface area contributed by atoms with E-state index in [4.69, 9.17) is 47.0 Å². The number of rotatable bonds is 34. The predicted molar refractivity (Wildman–Crippen MR) is 478 cm³/mol. The lowest BCUT2D eigenvalue weighted by atomic mass is 9.80. The van der Waals surface area contributed by atoms with Gasteiger partial charge in [0.2, 0.25) is 0 Å². The summed E-state index contributed by atoms with van der Waals surface area (Å²) in [5, 5.41) is 45.1. The van der Waals surface area contributed by atoms with Gasteiger partial charge in [0.15, 0.2) is 14.6 Å². The summed E-state index contributed by atoms with van der Waals surface area (Å²) in [6, 6.07) is 56.9. The van der Waals surface area contributed by atoms with Crippen molar-refractivity contribution in [2.45, 2.75) is 258 Å². The minimum absolute atomic E-state index is 0.116. The van der Waals surface area contributed by atoms with E-state index in [9.17, 15) is 39.3 Å². The summed E-state index contributed by atoms with van der Waals surface area (Å²) >= 11 is 0. The zero-order valence-corrected chi connectivity index (χ0v) is 77.6. The quantitative estimate of drug-likeness (QED) is 0.00959. The number of ether oxygens (including phenoxy) is 6. The molecule has 1 aliphatic rings. The first-order valence-electron chi connectivity index (χ1n) is 42.2. The molecule has 1 fully saturated rings. The number of aromatic nitrogens is 2. The number of methoxy groups -OCH3 is 2. The molecule has 6 aromatic carbocycles. The molecule has 2 aromatic heterocycles. The van der Waals surface area contributed by atoms with E-state index < -0.39 is 102 Å². The molecule has 0 bridgehead atoms. The number of hydrogen-bond acceptors (Lipinski definition) is 19. The van der Waals surface area contributed by atoms with Crippen LogP contribution in [-0.2, 0) is 73.8 Å². The smallest absolute Gasteiger partial charge is 0.419 e. The summed E-state index contributed by atoms with van der Waals surface area (Å²) in [7, 11) is -5.36. The molecule has 652 valence electrons. The first-order valence-corrected chi connectivity index (χ1v) is 49.4. The molecule has 0 spiro atoms. The van der Waals surface area contributed by atoms with Crippen molar-refractivity contribution >= 4 is 97.6 Å². The fourth-order valence-corrected chi connectivity index (χ4v) is 27.9. The van der Waals surface area contributed by atoms with Crippen molar-refractivity contribution in [3.63, 3.8) is 0 Å². The van der Waals surface area contributed by atoms with Gasteiger partial charge in [-0.05, 0) is 204 Å². The maximum absolute atomic E-state index is 14.7. The second-order valence-corrected chi connectivity index (χ2v) is 49.5. The molecule has 0 radical (unpaired) electrons. The first-order chi connectivity index (χ1) is 56.1. The van der Waals surface area contributed by atoms with Crippen LogP contribution in [0.2, 0.25) is 29.7 Å². The van der Waals surface area contributed by atoms with Crippen molar-refractivity contribution in [2.24, 2.45) is 11.8 Å². The summed E-state index contributed by atoms with van der Waals surface area (Å²) in [5.41, 5.74) is 0.130. The number of fused-ring (bicyclic) bond motifs is 2. The molecule has 21 nitrogen and oxygen atoms in total. The molecule has 4 N–H and O–H groups in total. The first kappa shape index (κ1) is 98.2. The van der Waals surface area contributed by atoms with Gasteiger partial charge < -0.3 is 61.9 Å². The van der Waals surface area contributed by atoms with Crippen LogP contribution in [0.5, 0.6) is 0 Å². The fraction of sp³-hybridized carbons (Fsp3) is 0.526. The number of carbonyl (C=O) groups is 5.